The number of aromatic carboxylic acids is 1. The third-order valence-corrected chi connectivity index (χ3v) is 1.44. The van der Waals surface area contributed by atoms with E-state index in [2.05, 4.69) is 9.68 Å². The lowest BCUT2D eigenvalue weighted by Crippen LogP contribution is -2.02. The van der Waals surface area contributed by atoms with Crippen LogP contribution in [-0.4, -0.2) is 21.2 Å². The molecular formula is C6H6N2O5. The van der Waals surface area contributed by atoms with Crippen molar-refractivity contribution in [2.75, 3.05) is 0 Å². The van der Waals surface area contributed by atoms with E-state index in [9.17, 15) is 14.9 Å². The van der Waals surface area contributed by atoms with Crippen molar-refractivity contribution < 1.29 is 19.3 Å². The number of carboxylic acids is 1. The van der Waals surface area contributed by atoms with Gasteiger partial charge in [0.15, 0.2) is 0 Å². The minimum atomic E-state index is -1.46. The monoisotopic (exact) mass is 186 g/mol. The number of nitro groups is 1. The maximum atomic E-state index is 10.4. The van der Waals surface area contributed by atoms with Crippen molar-refractivity contribution in [3.8, 4) is 0 Å². The van der Waals surface area contributed by atoms with E-state index in [4.69, 9.17) is 5.11 Å². The van der Waals surface area contributed by atoms with Gasteiger partial charge < -0.3 is 9.63 Å². The van der Waals surface area contributed by atoms with Crippen molar-refractivity contribution in [3.63, 3.8) is 0 Å². The molecule has 0 aliphatic rings. The molecule has 0 aromatic carbocycles. The highest BCUT2D eigenvalue weighted by atomic mass is 16.6. The molecule has 0 saturated heterocycles. The molecule has 13 heavy (non-hydrogen) atoms. The normalized spacial score (nSPS) is 9.92. The summed E-state index contributed by atoms with van der Waals surface area (Å²) in [6.07, 6.45) is 0.233. The van der Waals surface area contributed by atoms with Crippen molar-refractivity contribution in [1.29, 1.82) is 0 Å². The Labute approximate surface area is 72.1 Å². The Kier molecular flexibility index (Phi) is 2.27. The first-order chi connectivity index (χ1) is 6.07. The smallest absolute Gasteiger partial charge is 0.365 e. The fourth-order valence-electron chi connectivity index (χ4n) is 0.880. The number of hydrogen-bond donors (Lipinski definition) is 1. The number of carbonyl (C=O) groups is 1. The molecule has 0 amide bonds. The Morgan fingerprint density at radius 1 is 1.77 bits per heavy atom. The molecule has 1 rings (SSSR count). The summed E-state index contributed by atoms with van der Waals surface area (Å²) < 4.78 is 4.50. The molecule has 0 unspecified atom stereocenters. The van der Waals surface area contributed by atoms with Crippen LogP contribution in [-0.2, 0) is 6.42 Å². The van der Waals surface area contributed by atoms with Crippen LogP contribution in [0.15, 0.2) is 4.52 Å². The van der Waals surface area contributed by atoms with Gasteiger partial charge in [-0.3, -0.25) is 10.1 Å². The van der Waals surface area contributed by atoms with Crippen LogP contribution in [0.25, 0.3) is 0 Å². The molecule has 0 saturated carbocycles. The van der Waals surface area contributed by atoms with Crippen LogP contribution in [0.5, 0.6) is 0 Å². The Morgan fingerprint density at radius 2 is 2.38 bits per heavy atom. The van der Waals surface area contributed by atoms with Gasteiger partial charge in [-0.1, -0.05) is 12.1 Å². The fourth-order valence-corrected chi connectivity index (χ4v) is 0.880. The Bertz CT molecular complexity index is 356. The number of nitrogens with zero attached hydrogens (tertiary/aromatic N) is 2. The van der Waals surface area contributed by atoms with Crippen LogP contribution >= 0.6 is 0 Å². The van der Waals surface area contributed by atoms with Gasteiger partial charge in [-0.05, 0) is 0 Å². The maximum Gasteiger partial charge on any atom is 0.365 e. The van der Waals surface area contributed by atoms with E-state index in [0.29, 0.717) is 0 Å². The van der Waals surface area contributed by atoms with Gasteiger partial charge in [-0.15, -0.1) is 0 Å². The molecule has 0 spiro atoms. The molecule has 7 nitrogen and oxygen atoms in total. The zero-order chi connectivity index (χ0) is 10.0. The summed E-state index contributed by atoms with van der Waals surface area (Å²) in [6, 6.07) is 0. The number of rotatable bonds is 3. The molecular weight excluding hydrogens is 180 g/mol. The molecule has 0 aliphatic carbocycles. The molecule has 0 bridgehead atoms. The van der Waals surface area contributed by atoms with Crippen LogP contribution in [0.4, 0.5) is 5.69 Å². The largest absolute Gasteiger partial charge is 0.476 e. The number of aromatic nitrogens is 1. The van der Waals surface area contributed by atoms with Crippen LogP contribution < -0.4 is 0 Å². The first-order valence-electron chi connectivity index (χ1n) is 3.44. The fraction of sp³-hybridized carbons (Fsp3) is 0.333. The molecule has 1 N–H and O–H groups in total. The third kappa shape index (κ3) is 1.48. The average Bonchev–Trinajstić information content (AvgIpc) is 2.46. The predicted molar refractivity (Wildman–Crippen MR) is 39.5 cm³/mol. The quantitative estimate of drug-likeness (QED) is 0.553. The standard InChI is InChI=1S/C6H6N2O5/c1-2-3-5(8(11)12)4(6(9)10)7-13-3/h2H2,1H3,(H,9,10). The third-order valence-electron chi connectivity index (χ3n) is 1.44. The van der Waals surface area contributed by atoms with Gasteiger partial charge >= 0.3 is 11.7 Å². The summed E-state index contributed by atoms with van der Waals surface area (Å²) in [5.74, 6) is -1.49. The lowest BCUT2D eigenvalue weighted by atomic mass is 10.2. The van der Waals surface area contributed by atoms with Crippen LogP contribution in [0.3, 0.4) is 0 Å². The van der Waals surface area contributed by atoms with E-state index in [0.717, 1.165) is 0 Å². The summed E-state index contributed by atoms with van der Waals surface area (Å²) in [4.78, 5) is 20.0. The highest BCUT2D eigenvalue weighted by Crippen LogP contribution is 2.23. The molecule has 1 heterocycles. The summed E-state index contributed by atoms with van der Waals surface area (Å²) in [5.41, 5.74) is -1.21. The lowest BCUT2D eigenvalue weighted by molar-refractivity contribution is -0.386. The highest BCUT2D eigenvalue weighted by Gasteiger charge is 2.30. The Hall–Kier alpha value is -1.92. The van der Waals surface area contributed by atoms with E-state index in [1.54, 1.807) is 6.92 Å². The predicted octanol–water partition coefficient (Wildman–Crippen LogP) is 0.843. The number of aryl methyl sites for hydroxylation is 1. The zero-order valence-electron chi connectivity index (χ0n) is 6.68. The van der Waals surface area contributed by atoms with Gasteiger partial charge in [0.1, 0.15) is 0 Å². The first-order valence-corrected chi connectivity index (χ1v) is 3.44. The topological polar surface area (TPSA) is 106 Å². The van der Waals surface area contributed by atoms with Crippen LogP contribution in [0.1, 0.15) is 23.2 Å². The maximum absolute atomic E-state index is 10.4. The van der Waals surface area contributed by atoms with Gasteiger partial charge in [-0.25, -0.2) is 4.79 Å². The number of carboxylic acid groups (broad SMARTS) is 1. The van der Waals surface area contributed by atoms with Gasteiger partial charge in [0.25, 0.3) is 5.69 Å². The highest BCUT2D eigenvalue weighted by molar-refractivity contribution is 5.90. The molecule has 70 valence electrons. The van der Waals surface area contributed by atoms with Gasteiger partial charge in [0, 0.05) is 6.42 Å². The molecule has 0 aliphatic heterocycles. The summed E-state index contributed by atoms with van der Waals surface area (Å²) in [6.45, 7) is 1.61. The van der Waals surface area contributed by atoms with Gasteiger partial charge in [-0.2, -0.15) is 0 Å². The summed E-state index contributed by atoms with van der Waals surface area (Å²) >= 11 is 0. The molecule has 1 aromatic rings. The average molecular weight is 186 g/mol. The van der Waals surface area contributed by atoms with Crippen molar-refractivity contribution in [2.24, 2.45) is 0 Å². The minimum absolute atomic E-state index is 0.0256. The number of hydrogen-bond acceptors (Lipinski definition) is 5. The second-order valence-corrected chi connectivity index (χ2v) is 2.22. The van der Waals surface area contributed by atoms with Gasteiger partial charge in [0.2, 0.25) is 5.76 Å². The van der Waals surface area contributed by atoms with Gasteiger partial charge in [0.05, 0.1) is 4.92 Å². The molecule has 0 radical (unpaired) electrons. The molecule has 7 heteroatoms. The second kappa shape index (κ2) is 3.21. The summed E-state index contributed by atoms with van der Waals surface area (Å²) in [7, 11) is 0. The van der Waals surface area contributed by atoms with E-state index in [-0.39, 0.29) is 12.2 Å². The van der Waals surface area contributed by atoms with E-state index in [1.807, 2.05) is 0 Å². The Balaban J connectivity index is 3.30. The van der Waals surface area contributed by atoms with Crippen LogP contribution in [0, 0.1) is 10.1 Å². The lowest BCUT2D eigenvalue weighted by Gasteiger charge is -1.88. The van der Waals surface area contributed by atoms with Crippen molar-refractivity contribution >= 4 is 11.7 Å². The SMILES string of the molecule is CCc1onc(C(=O)O)c1[N+](=O)[O-]. The first kappa shape index (κ1) is 9.17. The molecule has 1 aromatic heterocycles. The van der Waals surface area contributed by atoms with Crippen molar-refractivity contribution in [2.45, 2.75) is 13.3 Å². The molecule has 0 atom stereocenters. The van der Waals surface area contributed by atoms with E-state index >= 15 is 0 Å². The summed E-state index contributed by atoms with van der Waals surface area (Å²) in [5, 5.41) is 22.0. The van der Waals surface area contributed by atoms with Crippen molar-refractivity contribution in [1.82, 2.24) is 5.16 Å². The zero-order valence-corrected chi connectivity index (χ0v) is 6.68. The van der Waals surface area contributed by atoms with E-state index < -0.39 is 22.3 Å². The Morgan fingerprint density at radius 3 is 2.77 bits per heavy atom. The second-order valence-electron chi connectivity index (χ2n) is 2.22. The van der Waals surface area contributed by atoms with E-state index in [1.165, 1.54) is 0 Å². The van der Waals surface area contributed by atoms with Crippen molar-refractivity contribution in [3.05, 3.63) is 21.6 Å². The van der Waals surface area contributed by atoms with Crippen LogP contribution in [0.2, 0.25) is 0 Å². The minimum Gasteiger partial charge on any atom is -0.476 e. The molecule has 0 fully saturated rings.